The Hall–Kier alpha value is -3.88. The Bertz CT molecular complexity index is 1020. The van der Waals surface area contributed by atoms with Gasteiger partial charge in [-0.1, -0.05) is 30.3 Å². The van der Waals surface area contributed by atoms with Gasteiger partial charge in [0.25, 0.3) is 11.6 Å². The highest BCUT2D eigenvalue weighted by atomic mass is 16.6. The molecule has 2 atom stereocenters. The van der Waals surface area contributed by atoms with Gasteiger partial charge in [-0.05, 0) is 17.7 Å². The molecule has 0 radical (unpaired) electrons. The molecule has 9 nitrogen and oxygen atoms in total. The molecule has 2 amide bonds. The Kier molecular flexibility index (Phi) is 4.19. The van der Waals surface area contributed by atoms with Crippen molar-refractivity contribution < 1.29 is 19.3 Å². The second-order valence-electron chi connectivity index (χ2n) is 6.46. The summed E-state index contributed by atoms with van der Waals surface area (Å²) in [6.07, 6.45) is 0. The fraction of sp³-hybridized carbons (Fsp3) is 0.158. The minimum absolute atomic E-state index is 0.0623. The van der Waals surface area contributed by atoms with Crippen molar-refractivity contribution >= 4 is 29.0 Å². The SMILES string of the molecule is O=C(C1=NN[C@@H]2C(=O)N(Cc3ccccc3)C(=O)[C@H]12)c1ccc([N+](=O)[O-])cc1. The number of benzene rings is 2. The van der Waals surface area contributed by atoms with Gasteiger partial charge in [0.05, 0.1) is 11.5 Å². The number of nitro groups is 1. The van der Waals surface area contributed by atoms with Gasteiger partial charge in [0, 0.05) is 17.7 Å². The molecule has 0 saturated carbocycles. The van der Waals surface area contributed by atoms with E-state index in [9.17, 15) is 24.5 Å². The van der Waals surface area contributed by atoms with E-state index in [1.54, 1.807) is 12.1 Å². The second kappa shape index (κ2) is 6.69. The highest BCUT2D eigenvalue weighted by Gasteiger charge is 2.54. The van der Waals surface area contributed by atoms with Gasteiger partial charge < -0.3 is 0 Å². The fourth-order valence-electron chi connectivity index (χ4n) is 3.34. The monoisotopic (exact) mass is 378 g/mol. The fourth-order valence-corrected chi connectivity index (χ4v) is 3.34. The number of Topliss-reactive ketones (excluding diaryl/α,β-unsaturated/α-hetero) is 1. The predicted octanol–water partition coefficient (Wildman–Crippen LogP) is 1.29. The summed E-state index contributed by atoms with van der Waals surface area (Å²) in [6, 6.07) is 13.2. The molecule has 9 heteroatoms. The van der Waals surface area contributed by atoms with E-state index in [2.05, 4.69) is 10.5 Å². The first-order valence-corrected chi connectivity index (χ1v) is 8.49. The molecule has 0 unspecified atom stereocenters. The lowest BCUT2D eigenvalue weighted by atomic mass is 9.92. The first-order chi connectivity index (χ1) is 13.5. The standard InChI is InChI=1S/C19H14N4O5/c24-17(12-6-8-13(9-7-12)23(27)28)15-14-16(21-20-15)19(26)22(18(14)25)10-11-4-2-1-3-5-11/h1-9,14,16,21H,10H2/t14-,16+/m1/s1. The van der Waals surface area contributed by atoms with Gasteiger partial charge in [0.1, 0.15) is 17.7 Å². The van der Waals surface area contributed by atoms with Crippen molar-refractivity contribution in [2.45, 2.75) is 12.6 Å². The van der Waals surface area contributed by atoms with Crippen LogP contribution in [-0.2, 0) is 16.1 Å². The van der Waals surface area contributed by atoms with E-state index in [1.165, 1.54) is 24.3 Å². The lowest BCUT2D eigenvalue weighted by Crippen LogP contribution is -2.35. The second-order valence-corrected chi connectivity index (χ2v) is 6.46. The van der Waals surface area contributed by atoms with Crippen molar-refractivity contribution in [2.24, 2.45) is 11.0 Å². The predicted molar refractivity (Wildman–Crippen MR) is 97.3 cm³/mol. The summed E-state index contributed by atoms with van der Waals surface area (Å²) in [6.45, 7) is 0.117. The average Bonchev–Trinajstić information content (AvgIpc) is 3.24. The first kappa shape index (κ1) is 17.5. The number of carbonyl (C=O) groups is 3. The van der Waals surface area contributed by atoms with E-state index in [-0.39, 0.29) is 23.5 Å². The smallest absolute Gasteiger partial charge is 0.269 e. The number of ketones is 1. The van der Waals surface area contributed by atoms with E-state index in [0.717, 1.165) is 10.5 Å². The molecule has 0 aromatic heterocycles. The number of likely N-dealkylation sites (tertiary alicyclic amines) is 1. The number of carbonyl (C=O) groups excluding carboxylic acids is 3. The van der Waals surface area contributed by atoms with E-state index >= 15 is 0 Å². The third-order valence-corrected chi connectivity index (χ3v) is 4.77. The van der Waals surface area contributed by atoms with Crippen LogP contribution in [0.2, 0.25) is 0 Å². The number of rotatable bonds is 5. The number of non-ortho nitro benzene ring substituents is 1. The zero-order valence-corrected chi connectivity index (χ0v) is 14.4. The number of hydrogen-bond donors (Lipinski definition) is 1. The van der Waals surface area contributed by atoms with E-state index in [0.29, 0.717) is 0 Å². The van der Waals surface area contributed by atoms with Crippen molar-refractivity contribution in [3.05, 3.63) is 75.8 Å². The Morgan fingerprint density at radius 2 is 1.75 bits per heavy atom. The Morgan fingerprint density at radius 3 is 2.39 bits per heavy atom. The summed E-state index contributed by atoms with van der Waals surface area (Å²) in [5.74, 6) is -2.47. The zero-order valence-electron chi connectivity index (χ0n) is 14.4. The van der Waals surface area contributed by atoms with Crippen LogP contribution in [-0.4, -0.2) is 39.2 Å². The normalized spacial score (nSPS) is 20.6. The first-order valence-electron chi connectivity index (χ1n) is 8.49. The zero-order chi connectivity index (χ0) is 19.8. The molecule has 1 N–H and O–H groups in total. The minimum Gasteiger partial charge on any atom is -0.296 e. The van der Waals surface area contributed by atoms with Gasteiger partial charge in [0.15, 0.2) is 0 Å². The molecule has 0 aliphatic carbocycles. The Morgan fingerprint density at radius 1 is 1.07 bits per heavy atom. The summed E-state index contributed by atoms with van der Waals surface area (Å²) in [4.78, 5) is 49.5. The van der Waals surface area contributed by atoms with Crippen LogP contribution >= 0.6 is 0 Å². The van der Waals surface area contributed by atoms with Gasteiger partial charge in [-0.2, -0.15) is 5.10 Å². The van der Waals surface area contributed by atoms with Crippen molar-refractivity contribution in [3.8, 4) is 0 Å². The molecule has 0 spiro atoms. The van der Waals surface area contributed by atoms with Gasteiger partial charge in [-0.15, -0.1) is 0 Å². The lowest BCUT2D eigenvalue weighted by Gasteiger charge is -2.15. The van der Waals surface area contributed by atoms with Crippen molar-refractivity contribution in [2.75, 3.05) is 0 Å². The van der Waals surface area contributed by atoms with Gasteiger partial charge >= 0.3 is 0 Å². The molecule has 0 bridgehead atoms. The number of imide groups is 1. The van der Waals surface area contributed by atoms with Gasteiger partial charge in [0.2, 0.25) is 11.7 Å². The van der Waals surface area contributed by atoms with Crippen LogP contribution in [0.4, 0.5) is 5.69 Å². The molecule has 2 aliphatic heterocycles. The number of amides is 2. The Labute approximate surface area is 158 Å². The molecule has 28 heavy (non-hydrogen) atoms. The van der Waals surface area contributed by atoms with E-state index in [1.807, 2.05) is 18.2 Å². The summed E-state index contributed by atoms with van der Waals surface area (Å²) >= 11 is 0. The van der Waals surface area contributed by atoms with Crippen LogP contribution < -0.4 is 5.43 Å². The maximum atomic E-state index is 12.8. The number of nitrogens with zero attached hydrogens (tertiary/aromatic N) is 3. The molecule has 2 heterocycles. The van der Waals surface area contributed by atoms with Crippen molar-refractivity contribution in [3.63, 3.8) is 0 Å². The number of nitrogens with one attached hydrogen (secondary N) is 1. The number of nitro benzene ring substituents is 1. The topological polar surface area (TPSA) is 122 Å². The van der Waals surface area contributed by atoms with Gasteiger partial charge in [-0.25, -0.2) is 0 Å². The molecule has 2 aliphatic rings. The third kappa shape index (κ3) is 2.82. The maximum Gasteiger partial charge on any atom is 0.269 e. The molecule has 1 fully saturated rings. The number of hydrazone groups is 1. The summed E-state index contributed by atoms with van der Waals surface area (Å²) in [5, 5.41) is 14.7. The maximum absolute atomic E-state index is 12.8. The highest BCUT2D eigenvalue weighted by molar-refractivity contribution is 6.51. The van der Waals surface area contributed by atoms with Crippen molar-refractivity contribution in [1.82, 2.24) is 10.3 Å². The molecule has 2 aromatic carbocycles. The summed E-state index contributed by atoms with van der Waals surface area (Å²) in [7, 11) is 0. The Balaban J connectivity index is 1.56. The van der Waals surface area contributed by atoms with Crippen molar-refractivity contribution in [1.29, 1.82) is 0 Å². The van der Waals surface area contributed by atoms with Crippen LogP contribution in [0, 0.1) is 16.0 Å². The largest absolute Gasteiger partial charge is 0.296 e. The van der Waals surface area contributed by atoms with E-state index < -0.39 is 34.5 Å². The molecule has 1 saturated heterocycles. The van der Waals surface area contributed by atoms with Crippen LogP contribution in [0.25, 0.3) is 0 Å². The number of hydrogen-bond acceptors (Lipinski definition) is 7. The van der Waals surface area contributed by atoms with Crippen LogP contribution in [0.1, 0.15) is 15.9 Å². The molecular weight excluding hydrogens is 364 g/mol. The lowest BCUT2D eigenvalue weighted by molar-refractivity contribution is -0.384. The molecule has 2 aromatic rings. The van der Waals surface area contributed by atoms with Gasteiger partial charge in [-0.3, -0.25) is 34.8 Å². The average molecular weight is 378 g/mol. The minimum atomic E-state index is -1.00. The van der Waals surface area contributed by atoms with Crippen LogP contribution in [0.15, 0.2) is 59.7 Å². The highest BCUT2D eigenvalue weighted by Crippen LogP contribution is 2.29. The molecular formula is C19H14N4O5. The van der Waals surface area contributed by atoms with Crippen LogP contribution in [0.5, 0.6) is 0 Å². The molecule has 4 rings (SSSR count). The quantitative estimate of drug-likeness (QED) is 0.362. The summed E-state index contributed by atoms with van der Waals surface area (Å²) in [5.41, 5.74) is 3.34. The number of fused-ring (bicyclic) bond motifs is 1. The molecule has 140 valence electrons. The third-order valence-electron chi connectivity index (χ3n) is 4.77. The van der Waals surface area contributed by atoms with E-state index in [4.69, 9.17) is 0 Å². The van der Waals surface area contributed by atoms with Crippen LogP contribution in [0.3, 0.4) is 0 Å². The summed E-state index contributed by atoms with van der Waals surface area (Å²) < 4.78 is 0.